The molecule has 0 aliphatic heterocycles. The number of ketones is 8. The zero-order valence-corrected chi connectivity index (χ0v) is 44.7. The third kappa shape index (κ3) is 17.8. The van der Waals surface area contributed by atoms with E-state index in [-0.39, 0.29) is 25.7 Å². The maximum Gasteiger partial charge on any atom is 0.211 e. The second-order valence-electron chi connectivity index (χ2n) is 19.6. The third-order valence-corrected chi connectivity index (χ3v) is 14.2. The fourth-order valence-corrected chi connectivity index (χ4v) is 9.97. The zero-order valence-electron chi connectivity index (χ0n) is 44.7. The van der Waals surface area contributed by atoms with E-state index in [2.05, 4.69) is 0 Å². The van der Waals surface area contributed by atoms with Gasteiger partial charge in [-0.3, -0.25) is 38.4 Å². The van der Waals surface area contributed by atoms with Gasteiger partial charge in [0.2, 0.25) is 34.3 Å². The van der Waals surface area contributed by atoms with E-state index in [1.165, 1.54) is 0 Å². The molecule has 0 radical (unpaired) electrons. The molecule has 8 unspecified atom stereocenters. The summed E-state index contributed by atoms with van der Waals surface area (Å²) in [7, 11) is 0. The fourth-order valence-electron chi connectivity index (χ4n) is 9.97. The topological polar surface area (TPSA) is 469 Å². The Bertz CT molecular complexity index is 1590. The molecule has 77 heavy (non-hydrogen) atoms. The Balaban J connectivity index is 10.1. The number of aliphatic hydroxyl groups is 16. The number of ether oxygens (including phenoxy) is 1. The lowest BCUT2D eigenvalue weighted by molar-refractivity contribution is -0.243. The Morgan fingerprint density at radius 3 is 0.597 bits per heavy atom. The van der Waals surface area contributed by atoms with Crippen molar-refractivity contribution >= 4 is 46.3 Å². The monoisotopic (exact) mass is 1110 g/mol. The van der Waals surface area contributed by atoms with Gasteiger partial charge in [-0.2, -0.15) is 0 Å². The first-order valence-electron chi connectivity index (χ1n) is 26.8. The van der Waals surface area contributed by atoms with Gasteiger partial charge in [-0.05, 0) is 12.8 Å². The van der Waals surface area contributed by atoms with Crippen LogP contribution in [-0.4, -0.2) is 241 Å². The fraction of sp³-hybridized carbons (Fsp3) is 0.846. The Morgan fingerprint density at radius 2 is 0.429 bits per heavy atom. The van der Waals surface area contributed by atoms with Crippen LogP contribution < -0.4 is 0 Å². The lowest BCUT2D eigenvalue weighted by Gasteiger charge is -2.55. The predicted molar refractivity (Wildman–Crippen MR) is 269 cm³/mol. The minimum Gasteiger partial charge on any atom is -0.393 e. The molecule has 0 aliphatic rings. The van der Waals surface area contributed by atoms with Crippen LogP contribution >= 0.6 is 0 Å². The maximum absolute atomic E-state index is 15.6. The lowest BCUT2D eigenvalue weighted by atomic mass is 9.53. The molecular weight excluding hydrogens is 1020 g/mol. The van der Waals surface area contributed by atoms with E-state index in [0.717, 1.165) is 64.2 Å². The average Bonchev–Trinajstić information content (AvgIpc) is 3.45. The van der Waals surface area contributed by atoms with Crippen molar-refractivity contribution in [1.29, 1.82) is 0 Å². The van der Waals surface area contributed by atoms with Gasteiger partial charge in [0, 0.05) is 0 Å². The molecule has 0 aromatic heterocycles. The standard InChI is InChI=1S/C52H90O25/c1-3-5-7-9-11-13-15-17-19-21-23-49(41(69)33(61)25-53,42(70)34(62)26-54)51(45(73)37(65)29-57,46(74)38(66)30-58)77-52(47(75)39(67)31-59,48(76)40(68)32-60)50(43(71)35(63)27-55,44(72)36(64)28-56)24-22-20-18-16-14-12-10-8-6-4-2/h33-40,53-68H,3-32H2,1-2H3. The molecule has 0 saturated heterocycles. The van der Waals surface area contributed by atoms with Gasteiger partial charge < -0.3 is 86.4 Å². The highest BCUT2D eigenvalue weighted by molar-refractivity contribution is 6.29. The van der Waals surface area contributed by atoms with Crippen molar-refractivity contribution in [3.05, 3.63) is 0 Å². The Morgan fingerprint density at radius 1 is 0.273 bits per heavy atom. The molecule has 0 aliphatic carbocycles. The highest BCUT2D eigenvalue weighted by Gasteiger charge is 2.80. The minimum atomic E-state index is -5.13. The van der Waals surface area contributed by atoms with Crippen LogP contribution in [0, 0.1) is 10.8 Å². The van der Waals surface area contributed by atoms with Crippen molar-refractivity contribution < 1.29 is 125 Å². The molecule has 8 atom stereocenters. The summed E-state index contributed by atoms with van der Waals surface area (Å²) in [5, 5.41) is 174. The molecular formula is C52H90O25. The van der Waals surface area contributed by atoms with Crippen LogP contribution in [0.4, 0.5) is 0 Å². The first-order chi connectivity index (χ1) is 36.5. The van der Waals surface area contributed by atoms with E-state index in [1.54, 1.807) is 0 Å². The highest BCUT2D eigenvalue weighted by Crippen LogP contribution is 2.54. The number of rotatable bonds is 50. The molecule has 448 valence electrons. The Hall–Kier alpha value is -3.32. The van der Waals surface area contributed by atoms with Crippen LogP contribution in [0.25, 0.3) is 0 Å². The van der Waals surface area contributed by atoms with E-state index >= 15 is 38.4 Å². The van der Waals surface area contributed by atoms with Crippen LogP contribution in [0.1, 0.15) is 155 Å². The van der Waals surface area contributed by atoms with Crippen molar-refractivity contribution in [2.45, 2.75) is 215 Å². The molecule has 0 rings (SSSR count). The zero-order chi connectivity index (χ0) is 59.2. The summed E-state index contributed by atoms with van der Waals surface area (Å²) in [6.07, 6.45) is -19.6. The molecule has 0 aromatic rings. The van der Waals surface area contributed by atoms with Crippen molar-refractivity contribution in [2.24, 2.45) is 10.8 Å². The second-order valence-corrected chi connectivity index (χ2v) is 19.6. The van der Waals surface area contributed by atoms with E-state index in [4.69, 9.17) is 4.74 Å². The lowest BCUT2D eigenvalue weighted by Crippen LogP contribution is -2.82. The second kappa shape index (κ2) is 37.6. The molecule has 25 heteroatoms. The SMILES string of the molecule is CCCCCCCCCCCCC(C(=O)C(O)CO)(C(=O)C(O)CO)C(OC(C(=O)C(O)CO)(C(=O)C(O)CO)C(CCCCCCCCCCCC)(C(=O)C(O)CO)C(=O)C(O)CO)(C(=O)C(O)CO)C(=O)C(O)CO. The van der Waals surface area contributed by atoms with Crippen LogP contribution in [0.5, 0.6) is 0 Å². The van der Waals surface area contributed by atoms with E-state index in [0.29, 0.717) is 25.7 Å². The smallest absolute Gasteiger partial charge is 0.211 e. The summed E-state index contributed by atoms with van der Waals surface area (Å²) in [4.78, 5) is 124. The maximum atomic E-state index is 15.6. The van der Waals surface area contributed by atoms with E-state index < -0.39 is 196 Å². The van der Waals surface area contributed by atoms with Crippen LogP contribution in [0.3, 0.4) is 0 Å². The number of hydrogen-bond acceptors (Lipinski definition) is 25. The van der Waals surface area contributed by atoms with Gasteiger partial charge in [0.25, 0.3) is 0 Å². The summed E-state index contributed by atoms with van der Waals surface area (Å²) in [5.74, 6) is -20.4. The molecule has 0 spiro atoms. The normalized spacial score (nSPS) is 18.2. The molecule has 0 bridgehead atoms. The summed E-state index contributed by atoms with van der Waals surface area (Å²) in [6.45, 7) is -11.1. The Labute approximate surface area is 448 Å². The first-order valence-corrected chi connectivity index (χ1v) is 26.8. The largest absolute Gasteiger partial charge is 0.393 e. The van der Waals surface area contributed by atoms with Gasteiger partial charge >= 0.3 is 0 Å². The van der Waals surface area contributed by atoms with Gasteiger partial charge in [-0.15, -0.1) is 0 Å². The van der Waals surface area contributed by atoms with E-state index in [1.807, 2.05) is 13.8 Å². The molecule has 16 N–H and O–H groups in total. The number of carbonyl (C=O) groups is 8. The van der Waals surface area contributed by atoms with Gasteiger partial charge in [-0.25, -0.2) is 0 Å². The van der Waals surface area contributed by atoms with Gasteiger partial charge in [0.1, 0.15) is 59.7 Å². The predicted octanol–water partition coefficient (Wildman–Crippen LogP) is -3.55. The number of hydrogen-bond donors (Lipinski definition) is 16. The van der Waals surface area contributed by atoms with Crippen LogP contribution in [-0.2, 0) is 43.1 Å². The van der Waals surface area contributed by atoms with Crippen molar-refractivity contribution in [1.82, 2.24) is 0 Å². The van der Waals surface area contributed by atoms with Crippen molar-refractivity contribution in [3.63, 3.8) is 0 Å². The van der Waals surface area contributed by atoms with Gasteiger partial charge in [-0.1, -0.05) is 142 Å². The number of carbonyl (C=O) groups excluding carboxylic acids is 8. The quantitative estimate of drug-likeness (QED) is 0.0207. The Kier molecular flexibility index (Phi) is 36.0. The summed E-state index contributed by atoms with van der Waals surface area (Å²) in [6, 6.07) is 0. The minimum absolute atomic E-state index is 0.168. The first kappa shape index (κ1) is 73.7. The molecule has 0 heterocycles. The average molecular weight is 1120 g/mol. The van der Waals surface area contributed by atoms with Crippen LogP contribution in [0.15, 0.2) is 0 Å². The van der Waals surface area contributed by atoms with Crippen LogP contribution in [0.2, 0.25) is 0 Å². The summed E-state index contributed by atoms with van der Waals surface area (Å²) in [5.41, 5.74) is -19.1. The number of aliphatic hydroxyl groups excluding tert-OH is 16. The van der Waals surface area contributed by atoms with E-state index in [9.17, 15) is 81.7 Å². The van der Waals surface area contributed by atoms with Gasteiger partial charge in [0.05, 0.1) is 52.9 Å². The summed E-state index contributed by atoms with van der Waals surface area (Å²) >= 11 is 0. The molecule has 25 nitrogen and oxygen atoms in total. The molecule has 0 amide bonds. The third-order valence-electron chi connectivity index (χ3n) is 14.2. The molecule has 0 fully saturated rings. The molecule has 0 saturated carbocycles. The number of Topliss-reactive ketones (excluding diaryl/α,β-unsaturated/α-hetero) is 8. The van der Waals surface area contributed by atoms with Gasteiger partial charge in [0.15, 0.2) is 23.1 Å². The van der Waals surface area contributed by atoms with Crippen molar-refractivity contribution in [2.75, 3.05) is 52.9 Å². The molecule has 0 aromatic carbocycles. The summed E-state index contributed by atoms with van der Waals surface area (Å²) < 4.78 is 6.11. The van der Waals surface area contributed by atoms with Crippen molar-refractivity contribution in [3.8, 4) is 0 Å². The number of unbranched alkanes of at least 4 members (excludes halogenated alkanes) is 18. The highest BCUT2D eigenvalue weighted by atomic mass is 16.6.